The van der Waals surface area contributed by atoms with Crippen molar-refractivity contribution in [3.8, 4) is 0 Å². The van der Waals surface area contributed by atoms with Crippen molar-refractivity contribution in [1.29, 1.82) is 0 Å². The second-order valence-corrected chi connectivity index (χ2v) is 9.14. The summed E-state index contributed by atoms with van der Waals surface area (Å²) in [6.07, 6.45) is 0.525. The average molecular weight is 474 g/mol. The van der Waals surface area contributed by atoms with E-state index in [1.165, 1.54) is 11.3 Å². The maximum Gasteiger partial charge on any atom is 0.330 e. The summed E-state index contributed by atoms with van der Waals surface area (Å²) in [5.74, 6) is -1.48. The molecule has 9 nitrogen and oxygen atoms in total. The Morgan fingerprint density at radius 2 is 2.23 bits per heavy atom. The molecule has 168 valence electrons. The highest BCUT2D eigenvalue weighted by atomic mass is 35.5. The molecule has 2 aromatic rings. The number of thiophene rings is 1. The van der Waals surface area contributed by atoms with E-state index >= 15 is 0 Å². The zero-order chi connectivity index (χ0) is 22.0. The third-order valence-corrected chi connectivity index (χ3v) is 6.42. The van der Waals surface area contributed by atoms with Gasteiger partial charge in [0.15, 0.2) is 0 Å². The van der Waals surface area contributed by atoms with Crippen molar-refractivity contribution in [2.45, 2.75) is 50.3 Å². The molecule has 0 saturated carbocycles. The van der Waals surface area contributed by atoms with Crippen LogP contribution in [0, 0.1) is 5.82 Å². The molecule has 0 spiro atoms. The molecule has 4 rings (SSSR count). The molecule has 2 aliphatic heterocycles. The number of carbonyl (C=O) groups is 1. The van der Waals surface area contributed by atoms with Crippen LogP contribution in [-0.2, 0) is 25.6 Å². The maximum atomic E-state index is 13.7. The lowest BCUT2D eigenvalue weighted by Crippen LogP contribution is -2.36. The first-order chi connectivity index (χ1) is 14.9. The number of H-pyrrole nitrogens is 1. The van der Waals surface area contributed by atoms with Crippen molar-refractivity contribution in [2.75, 3.05) is 13.2 Å². The SMILES string of the molecule is O=C(OC[C@H]1O[C@@H](n2cc(F)c(=O)[nH]c2=O)C[C@@H]1OCc1ccc(Cl)s1)[C@@H]1CCCN1. The van der Waals surface area contributed by atoms with Crippen LogP contribution in [0.5, 0.6) is 0 Å². The largest absolute Gasteiger partial charge is 0.462 e. The molecule has 0 radical (unpaired) electrons. The molecule has 4 heterocycles. The standard InChI is InChI=1S/C19H21ClFN3O6S/c20-15-4-3-10(31-15)8-28-13-6-16(24-7-11(21)17(25)23-19(24)27)30-14(13)9-29-18(26)12-2-1-5-22-12/h3-4,7,12-14,16,22H,1-2,5-6,8-9H2,(H,23,25,27)/t12-,13-,14+,16+/m0/s1. The van der Waals surface area contributed by atoms with E-state index in [0.717, 1.165) is 28.6 Å². The molecule has 2 aliphatic rings. The molecule has 0 amide bonds. The number of ether oxygens (including phenoxy) is 3. The normalized spacial score (nSPS) is 25.7. The quantitative estimate of drug-likeness (QED) is 0.587. The van der Waals surface area contributed by atoms with Crippen molar-refractivity contribution < 1.29 is 23.4 Å². The van der Waals surface area contributed by atoms with Crippen LogP contribution in [-0.4, -0.2) is 46.9 Å². The first-order valence-corrected chi connectivity index (χ1v) is 11.0. The third-order valence-electron chi connectivity index (χ3n) is 5.22. The Hall–Kier alpha value is -2.05. The van der Waals surface area contributed by atoms with Crippen molar-refractivity contribution >= 4 is 28.9 Å². The molecule has 0 bridgehead atoms. The lowest BCUT2D eigenvalue weighted by atomic mass is 10.2. The van der Waals surface area contributed by atoms with Gasteiger partial charge in [0.05, 0.1) is 23.2 Å². The molecule has 4 atom stereocenters. The second-order valence-electron chi connectivity index (χ2n) is 7.34. The monoisotopic (exact) mass is 473 g/mol. The lowest BCUT2D eigenvalue weighted by molar-refractivity contribution is -0.153. The van der Waals surface area contributed by atoms with E-state index in [2.05, 4.69) is 5.32 Å². The van der Waals surface area contributed by atoms with E-state index in [1.54, 1.807) is 6.07 Å². The molecule has 2 N–H and O–H groups in total. The molecule has 2 fully saturated rings. The summed E-state index contributed by atoms with van der Waals surface area (Å²) in [5, 5.41) is 3.07. The molecular formula is C19H21ClFN3O6S. The number of nitrogens with one attached hydrogen (secondary N) is 2. The number of nitrogens with zero attached hydrogens (tertiary/aromatic N) is 1. The molecule has 0 aromatic carbocycles. The molecule has 31 heavy (non-hydrogen) atoms. The van der Waals surface area contributed by atoms with Gasteiger partial charge in [-0.1, -0.05) is 11.6 Å². The molecular weight excluding hydrogens is 453 g/mol. The smallest absolute Gasteiger partial charge is 0.330 e. The number of hydrogen-bond acceptors (Lipinski definition) is 8. The van der Waals surface area contributed by atoms with Gasteiger partial charge >= 0.3 is 11.7 Å². The lowest BCUT2D eigenvalue weighted by Gasteiger charge is -2.20. The van der Waals surface area contributed by atoms with Gasteiger partial charge in [-0.25, -0.2) is 4.79 Å². The molecule has 0 unspecified atom stereocenters. The van der Waals surface area contributed by atoms with Gasteiger partial charge in [0.1, 0.15) is 25.0 Å². The van der Waals surface area contributed by atoms with E-state index in [9.17, 15) is 18.8 Å². The van der Waals surface area contributed by atoms with Gasteiger partial charge in [-0.3, -0.25) is 19.1 Å². The zero-order valence-corrected chi connectivity index (χ0v) is 17.9. The van der Waals surface area contributed by atoms with Crippen LogP contribution < -0.4 is 16.6 Å². The third kappa shape index (κ3) is 5.24. The minimum absolute atomic E-state index is 0.0794. The summed E-state index contributed by atoms with van der Waals surface area (Å²) < 4.78 is 32.6. The summed E-state index contributed by atoms with van der Waals surface area (Å²) in [6, 6.07) is 3.25. The predicted octanol–water partition coefficient (Wildman–Crippen LogP) is 1.56. The van der Waals surface area contributed by atoms with Gasteiger partial charge in [-0.15, -0.1) is 11.3 Å². The van der Waals surface area contributed by atoms with E-state index < -0.39 is 35.5 Å². The van der Waals surface area contributed by atoms with Gasteiger partial charge < -0.3 is 19.5 Å². The van der Waals surface area contributed by atoms with Crippen LogP contribution in [0.3, 0.4) is 0 Å². The number of halogens is 2. The van der Waals surface area contributed by atoms with Crippen LogP contribution in [0.2, 0.25) is 4.34 Å². The number of aromatic amines is 1. The number of rotatable bonds is 7. The Labute approximate surface area is 185 Å². The van der Waals surface area contributed by atoms with E-state index in [0.29, 0.717) is 10.8 Å². The average Bonchev–Trinajstić information content (AvgIpc) is 3.48. The molecule has 2 aromatic heterocycles. The predicted molar refractivity (Wildman–Crippen MR) is 110 cm³/mol. The summed E-state index contributed by atoms with van der Waals surface area (Å²) >= 11 is 7.32. The second kappa shape index (κ2) is 9.61. The van der Waals surface area contributed by atoms with Gasteiger partial charge in [-0.2, -0.15) is 4.39 Å². The highest BCUT2D eigenvalue weighted by Gasteiger charge is 2.39. The van der Waals surface area contributed by atoms with Gasteiger partial charge in [0.2, 0.25) is 5.82 Å². The fraction of sp³-hybridized carbons (Fsp3) is 0.526. The Bertz CT molecular complexity index is 1050. The van der Waals surface area contributed by atoms with Crippen LogP contribution in [0.4, 0.5) is 4.39 Å². The highest BCUT2D eigenvalue weighted by Crippen LogP contribution is 2.32. The first-order valence-electron chi connectivity index (χ1n) is 9.83. The van der Waals surface area contributed by atoms with Crippen LogP contribution in [0.15, 0.2) is 27.9 Å². The van der Waals surface area contributed by atoms with Crippen molar-refractivity contribution in [3.63, 3.8) is 0 Å². The summed E-state index contributed by atoms with van der Waals surface area (Å²) in [6.45, 7) is 0.934. The topological polar surface area (TPSA) is 112 Å². The highest BCUT2D eigenvalue weighted by molar-refractivity contribution is 7.16. The minimum Gasteiger partial charge on any atom is -0.462 e. The molecule has 12 heteroatoms. The summed E-state index contributed by atoms with van der Waals surface area (Å²) in [4.78, 5) is 38.5. The first kappa shape index (κ1) is 22.2. The van der Waals surface area contributed by atoms with Crippen LogP contribution in [0.1, 0.15) is 30.4 Å². The fourth-order valence-corrected chi connectivity index (χ4v) is 4.65. The van der Waals surface area contributed by atoms with Gasteiger partial charge in [-0.05, 0) is 31.5 Å². The van der Waals surface area contributed by atoms with Gasteiger partial charge in [0.25, 0.3) is 5.56 Å². The molecule has 2 saturated heterocycles. The van der Waals surface area contributed by atoms with E-state index in [-0.39, 0.29) is 31.6 Å². The van der Waals surface area contributed by atoms with E-state index in [4.69, 9.17) is 25.8 Å². The van der Waals surface area contributed by atoms with Crippen molar-refractivity contribution in [3.05, 3.63) is 54.2 Å². The summed E-state index contributed by atoms with van der Waals surface area (Å²) in [7, 11) is 0. The van der Waals surface area contributed by atoms with Crippen LogP contribution in [0.25, 0.3) is 0 Å². The number of carbonyl (C=O) groups excluding carboxylic acids is 1. The van der Waals surface area contributed by atoms with Crippen molar-refractivity contribution in [2.24, 2.45) is 0 Å². The maximum absolute atomic E-state index is 13.7. The minimum atomic E-state index is -1.10. The Balaban J connectivity index is 1.46. The number of esters is 1. The fourth-order valence-electron chi connectivity index (χ4n) is 3.64. The number of hydrogen-bond donors (Lipinski definition) is 2. The number of aromatic nitrogens is 2. The van der Waals surface area contributed by atoms with E-state index in [1.807, 2.05) is 11.1 Å². The van der Waals surface area contributed by atoms with Crippen molar-refractivity contribution in [1.82, 2.24) is 14.9 Å². The Morgan fingerprint density at radius 3 is 2.94 bits per heavy atom. The zero-order valence-electron chi connectivity index (χ0n) is 16.3. The molecule has 0 aliphatic carbocycles. The summed E-state index contributed by atoms with van der Waals surface area (Å²) in [5.41, 5.74) is -1.90. The van der Waals surface area contributed by atoms with Crippen LogP contribution >= 0.6 is 22.9 Å². The van der Waals surface area contributed by atoms with Gasteiger partial charge in [0, 0.05) is 11.3 Å². The Morgan fingerprint density at radius 1 is 1.39 bits per heavy atom. The Kier molecular flexibility index (Phi) is 6.87.